The second-order valence-corrected chi connectivity index (χ2v) is 19.2. The molecule has 6 atom stereocenters. The van der Waals surface area contributed by atoms with Crippen LogP contribution in [0.25, 0.3) is 0 Å². The molecule has 0 spiro atoms. The zero-order valence-corrected chi connectivity index (χ0v) is 38.0. The third-order valence-electron chi connectivity index (χ3n) is 13.6. The highest BCUT2D eigenvalue weighted by molar-refractivity contribution is 6.03. The van der Waals surface area contributed by atoms with Crippen molar-refractivity contribution in [3.63, 3.8) is 0 Å². The van der Waals surface area contributed by atoms with Gasteiger partial charge >= 0.3 is 0 Å². The topological polar surface area (TPSA) is 110 Å². The molecule has 9 nitrogen and oxygen atoms in total. The van der Waals surface area contributed by atoms with E-state index in [4.69, 9.17) is 24.2 Å². The lowest BCUT2D eigenvalue weighted by Crippen LogP contribution is -2.70. The number of hydrogen-bond acceptors (Lipinski definition) is 8. The highest BCUT2D eigenvalue weighted by atomic mass is 19.1. The van der Waals surface area contributed by atoms with E-state index in [2.05, 4.69) is 12.7 Å². The van der Waals surface area contributed by atoms with Gasteiger partial charge in [-0.1, -0.05) is 86.2 Å². The predicted octanol–water partition coefficient (Wildman–Crippen LogP) is 11.0. The van der Waals surface area contributed by atoms with Crippen molar-refractivity contribution in [2.45, 2.75) is 141 Å². The molecule has 2 N–H and O–H groups in total. The predicted molar refractivity (Wildman–Crippen MR) is 245 cm³/mol. The highest BCUT2D eigenvalue weighted by Crippen LogP contribution is 2.62. The number of nitrogens with zero attached hydrogens (tertiary/aromatic N) is 2. The number of aliphatic hydroxyl groups is 2. The first-order valence-corrected chi connectivity index (χ1v) is 23.6. The number of unbranched alkanes of at least 4 members (excludes halogenated alkanes) is 2. The van der Waals surface area contributed by atoms with E-state index < -0.39 is 23.3 Å². The molecule has 3 aliphatic carbocycles. The summed E-state index contributed by atoms with van der Waals surface area (Å²) in [5, 5.41) is 24.9. The highest BCUT2D eigenvalue weighted by Gasteiger charge is 2.65. The zero-order chi connectivity index (χ0) is 45.3. The number of amides is 1. The molecule has 4 aliphatic rings. The van der Waals surface area contributed by atoms with Crippen LogP contribution in [0.1, 0.15) is 127 Å². The summed E-state index contributed by atoms with van der Waals surface area (Å²) in [5.41, 5.74) is 3.15. The van der Waals surface area contributed by atoms with Crippen LogP contribution in [0.5, 0.6) is 11.5 Å². The maximum absolute atomic E-state index is 15.1. The number of aliphatic hydroxyl groups excluding tert-OH is 2. The normalized spacial score (nSPS) is 24.6. The number of carbonyl (C=O) groups excluding carboxylic acids is 1. The van der Waals surface area contributed by atoms with Gasteiger partial charge in [-0.2, -0.15) is 0 Å². The number of fused-ring (bicyclic) bond motifs is 2. The molecule has 0 bridgehead atoms. The average Bonchev–Trinajstić information content (AvgIpc) is 3.81. The number of allylic oxidation sites excluding steroid dienone is 1. The van der Waals surface area contributed by atoms with Crippen molar-refractivity contribution >= 4 is 11.6 Å². The van der Waals surface area contributed by atoms with Gasteiger partial charge in [-0.25, -0.2) is 8.78 Å². The molecule has 1 amide bonds. The molecule has 7 rings (SSSR count). The SMILES string of the molecule is C=CCO[C@@]12Oc3ccc(OCc4ccccc4F)cc3[C@H]3[C@H](CCCCO)[C@@H](CCCCO)C=C(C(=NOC(C)(C)C)C[C@@H]1N(Cc1ccc(F)cc1)C(=O)CCC1CCCC1)[C@H]32. The second-order valence-electron chi connectivity index (χ2n) is 19.2. The Kier molecular flexibility index (Phi) is 16.0. The van der Waals surface area contributed by atoms with E-state index in [-0.39, 0.29) is 74.7 Å². The number of rotatable bonds is 21. The van der Waals surface area contributed by atoms with Crippen LogP contribution >= 0.6 is 0 Å². The molecule has 0 aromatic heterocycles. The first-order valence-electron chi connectivity index (χ1n) is 23.6. The molecular weight excluding hydrogens is 815 g/mol. The van der Waals surface area contributed by atoms with Gasteiger partial charge in [0.05, 0.1) is 18.2 Å². The largest absolute Gasteiger partial charge is 0.489 e. The molecule has 3 aromatic rings. The third kappa shape index (κ3) is 11.1. The minimum atomic E-state index is -1.44. The Hall–Kier alpha value is -4.58. The van der Waals surface area contributed by atoms with E-state index in [1.54, 1.807) is 36.4 Å². The number of hydrogen-bond donors (Lipinski definition) is 2. The molecule has 0 unspecified atom stereocenters. The quantitative estimate of drug-likeness (QED) is 0.0623. The number of carbonyl (C=O) groups is 1. The summed E-state index contributed by atoms with van der Waals surface area (Å²) < 4.78 is 50.2. The van der Waals surface area contributed by atoms with Crippen LogP contribution in [0.3, 0.4) is 0 Å². The molecular formula is C53H68F2N2O7. The third-order valence-corrected chi connectivity index (χ3v) is 13.6. The molecule has 1 aliphatic heterocycles. The second kappa shape index (κ2) is 21.6. The lowest BCUT2D eigenvalue weighted by molar-refractivity contribution is -0.258. The van der Waals surface area contributed by atoms with Gasteiger partial charge in [0.25, 0.3) is 0 Å². The van der Waals surface area contributed by atoms with Crippen LogP contribution in [-0.2, 0) is 27.5 Å². The summed E-state index contributed by atoms with van der Waals surface area (Å²) in [5.74, 6) is -1.23. The van der Waals surface area contributed by atoms with E-state index in [1.807, 2.05) is 43.9 Å². The molecule has 0 saturated heterocycles. The first-order chi connectivity index (χ1) is 30.9. The number of ether oxygens (including phenoxy) is 3. The van der Waals surface area contributed by atoms with E-state index in [0.29, 0.717) is 48.0 Å². The van der Waals surface area contributed by atoms with Crippen LogP contribution in [0.4, 0.5) is 8.78 Å². The lowest BCUT2D eigenvalue weighted by atomic mass is 9.55. The van der Waals surface area contributed by atoms with Crippen LogP contribution < -0.4 is 9.47 Å². The standard InChI is InChI=1S/C53H68F2N2O7/c1-5-30-62-53-48(57(34-37-20-23-40(54)24-21-37)49(60)27-22-36-14-6-7-15-36)33-46(56-64-52(2,3)4)43-31-38(16-10-12-28-58)42(18-11-13-29-59)50(51(43)53)44-32-41(25-26-47(44)63-53)61-35-39-17-8-9-19-45(39)55/h5,8-9,17,19-21,23-26,31-32,36,38,42,48,50-51,58-59H,1,6-7,10-16,18,22,27-30,33-35H2,2-4H3/t38-,42+,48-,50+,51+,53+/m0/s1. The monoisotopic (exact) mass is 882 g/mol. The van der Waals surface area contributed by atoms with Gasteiger partial charge < -0.3 is 34.2 Å². The number of benzene rings is 3. The molecule has 1 heterocycles. The van der Waals surface area contributed by atoms with Crippen molar-refractivity contribution in [3.05, 3.63) is 119 Å². The molecule has 2 saturated carbocycles. The Morgan fingerprint density at radius 2 is 1.70 bits per heavy atom. The molecule has 346 valence electrons. The van der Waals surface area contributed by atoms with Crippen molar-refractivity contribution < 1.29 is 42.8 Å². The molecule has 11 heteroatoms. The fraction of sp³-hybridized carbons (Fsp3) is 0.547. The summed E-state index contributed by atoms with van der Waals surface area (Å²) in [7, 11) is 0. The van der Waals surface area contributed by atoms with Crippen LogP contribution in [0, 0.1) is 35.3 Å². The lowest BCUT2D eigenvalue weighted by Gasteiger charge is -2.60. The van der Waals surface area contributed by atoms with Crippen LogP contribution in [0.2, 0.25) is 0 Å². The molecule has 0 radical (unpaired) electrons. The fourth-order valence-electron chi connectivity index (χ4n) is 10.6. The first kappa shape index (κ1) is 47.4. The number of halogens is 2. The van der Waals surface area contributed by atoms with Crippen molar-refractivity contribution in [2.24, 2.45) is 28.8 Å². The van der Waals surface area contributed by atoms with Crippen molar-refractivity contribution in [1.82, 2.24) is 4.90 Å². The summed E-state index contributed by atoms with van der Waals surface area (Å²) in [6.45, 7) is 10.5. The molecule has 2 fully saturated rings. The van der Waals surface area contributed by atoms with Gasteiger partial charge in [-0.3, -0.25) is 4.79 Å². The minimum absolute atomic E-state index is 0.0160. The summed E-state index contributed by atoms with van der Waals surface area (Å²) in [4.78, 5) is 23.3. The van der Waals surface area contributed by atoms with E-state index in [0.717, 1.165) is 61.6 Å². The Morgan fingerprint density at radius 3 is 2.41 bits per heavy atom. The Morgan fingerprint density at radius 1 is 0.969 bits per heavy atom. The maximum Gasteiger partial charge on any atom is 0.239 e. The zero-order valence-electron chi connectivity index (χ0n) is 38.0. The minimum Gasteiger partial charge on any atom is -0.489 e. The van der Waals surface area contributed by atoms with Crippen molar-refractivity contribution in [3.8, 4) is 11.5 Å². The Labute approximate surface area is 378 Å². The average molecular weight is 883 g/mol. The van der Waals surface area contributed by atoms with Crippen molar-refractivity contribution in [2.75, 3.05) is 19.8 Å². The van der Waals surface area contributed by atoms with Gasteiger partial charge in [-0.15, -0.1) is 6.58 Å². The van der Waals surface area contributed by atoms with Gasteiger partial charge in [0.15, 0.2) is 0 Å². The van der Waals surface area contributed by atoms with Crippen molar-refractivity contribution in [1.29, 1.82) is 0 Å². The summed E-state index contributed by atoms with van der Waals surface area (Å²) in [6.07, 6.45) is 14.5. The van der Waals surface area contributed by atoms with Gasteiger partial charge in [0, 0.05) is 49.6 Å². The van der Waals surface area contributed by atoms with Gasteiger partial charge in [-0.05, 0) is 118 Å². The van der Waals surface area contributed by atoms with Gasteiger partial charge in [0.2, 0.25) is 11.7 Å². The molecule has 64 heavy (non-hydrogen) atoms. The smallest absolute Gasteiger partial charge is 0.239 e. The summed E-state index contributed by atoms with van der Waals surface area (Å²) in [6, 6.07) is 17.9. The molecule has 3 aromatic carbocycles. The number of oxime groups is 1. The van der Waals surface area contributed by atoms with E-state index in [9.17, 15) is 19.0 Å². The maximum atomic E-state index is 15.1. The van der Waals surface area contributed by atoms with E-state index in [1.165, 1.54) is 31.0 Å². The van der Waals surface area contributed by atoms with Gasteiger partial charge in [0.1, 0.15) is 41.4 Å². The summed E-state index contributed by atoms with van der Waals surface area (Å²) >= 11 is 0. The van der Waals surface area contributed by atoms with Crippen LogP contribution in [-0.4, -0.2) is 64.0 Å². The van der Waals surface area contributed by atoms with E-state index >= 15 is 4.79 Å². The van der Waals surface area contributed by atoms with Crippen LogP contribution in [0.15, 0.2) is 96.2 Å². The Bertz CT molecular complexity index is 2090. The fourth-order valence-corrected chi connectivity index (χ4v) is 10.6. The Balaban J connectivity index is 1.43.